The number of ether oxygens (including phenoxy) is 6. The van der Waals surface area contributed by atoms with Gasteiger partial charge in [0, 0.05) is 43.8 Å². The number of hydrogen-bond acceptors (Lipinski definition) is 14. The first-order valence-electron chi connectivity index (χ1n) is 18.7. The van der Waals surface area contributed by atoms with Gasteiger partial charge in [-0.3, -0.25) is 24.1 Å². The summed E-state index contributed by atoms with van der Waals surface area (Å²) in [6, 6.07) is 5.09. The molecule has 0 unspecified atom stereocenters. The van der Waals surface area contributed by atoms with Crippen molar-refractivity contribution in [3.05, 3.63) is 41.5 Å². The summed E-state index contributed by atoms with van der Waals surface area (Å²) in [5, 5.41) is 42.8. The summed E-state index contributed by atoms with van der Waals surface area (Å²) in [4.78, 5) is 60.4. The number of benzene rings is 1. The molecular formula is C38H56N2O15. The fourth-order valence-corrected chi connectivity index (χ4v) is 5.43. The van der Waals surface area contributed by atoms with Crippen LogP contribution in [0.4, 0.5) is 0 Å². The van der Waals surface area contributed by atoms with Gasteiger partial charge in [0.25, 0.3) is 11.8 Å². The lowest BCUT2D eigenvalue weighted by molar-refractivity contribution is -0.271. The normalized spacial score (nSPS) is 21.2. The molecule has 0 bridgehead atoms. The van der Waals surface area contributed by atoms with E-state index in [0.717, 1.165) is 12.0 Å². The summed E-state index contributed by atoms with van der Waals surface area (Å²) in [5.41, 5.74) is 0.569. The number of aliphatic hydroxyl groups is 3. The summed E-state index contributed by atoms with van der Waals surface area (Å²) in [5.74, 6) is -2.50. The number of esters is 1. The van der Waals surface area contributed by atoms with Gasteiger partial charge in [0.05, 0.1) is 38.4 Å². The van der Waals surface area contributed by atoms with E-state index >= 15 is 0 Å². The molecule has 17 heteroatoms. The molecule has 2 heterocycles. The van der Waals surface area contributed by atoms with E-state index in [1.54, 1.807) is 32.0 Å². The fraction of sp³-hybridized carbons (Fsp3) is 0.658. The molecular weight excluding hydrogens is 724 g/mol. The van der Waals surface area contributed by atoms with Crippen LogP contribution in [0.3, 0.4) is 0 Å². The number of unbranched alkanes of at least 4 members (excludes halogenated alkanes) is 2. The minimum atomic E-state index is -1.87. The van der Waals surface area contributed by atoms with E-state index in [1.807, 2.05) is 6.92 Å². The number of aryl methyl sites for hydroxylation is 1. The maximum Gasteiger partial charge on any atom is 0.335 e. The fourth-order valence-electron chi connectivity index (χ4n) is 5.43. The highest BCUT2D eigenvalue weighted by Gasteiger charge is 2.48. The number of carbonyl (C=O) groups excluding carboxylic acids is 4. The molecule has 0 saturated carbocycles. The zero-order chi connectivity index (χ0) is 40.4. The molecule has 0 aromatic heterocycles. The summed E-state index contributed by atoms with van der Waals surface area (Å²) >= 11 is 0. The number of carboxylic acids is 1. The molecule has 3 rings (SSSR count). The van der Waals surface area contributed by atoms with Crippen LogP contribution in [-0.2, 0) is 60.7 Å². The Hall–Kier alpha value is -3.97. The van der Waals surface area contributed by atoms with Gasteiger partial charge >= 0.3 is 11.9 Å². The van der Waals surface area contributed by atoms with E-state index in [4.69, 9.17) is 28.4 Å². The van der Waals surface area contributed by atoms with E-state index in [-0.39, 0.29) is 30.1 Å². The summed E-state index contributed by atoms with van der Waals surface area (Å²) in [7, 11) is 0. The Labute approximate surface area is 320 Å². The van der Waals surface area contributed by atoms with Crippen LogP contribution in [0.1, 0.15) is 70.4 Å². The van der Waals surface area contributed by atoms with E-state index in [0.29, 0.717) is 96.8 Å². The van der Waals surface area contributed by atoms with Crippen molar-refractivity contribution in [3.63, 3.8) is 0 Å². The minimum absolute atomic E-state index is 0.0815. The van der Waals surface area contributed by atoms with Gasteiger partial charge in [0.15, 0.2) is 6.10 Å². The lowest BCUT2D eigenvalue weighted by Crippen LogP contribution is -2.61. The highest BCUT2D eigenvalue weighted by atomic mass is 16.7. The van der Waals surface area contributed by atoms with E-state index in [1.165, 1.54) is 17.1 Å². The standard InChI is InChI=1S/C38H56N2O15/c1-4-38(2,3)37(49)53-24-26-23-25(11-12-27(26)54-36-33(46)31(44)32(45)34(55-36)35(47)48)9-8-17-50-19-21-52-22-20-51-18-15-39-28(41)10-6-5-7-16-40-29(42)13-14-30(40)43/h11-14,23,31-34,36,44-46H,4-10,15-22,24H2,1-3H3,(H,39,41)(H,47,48)/t31-,32-,33+,34-,36+/m0/s1. The van der Waals surface area contributed by atoms with Gasteiger partial charge in [-0.2, -0.15) is 0 Å². The van der Waals surface area contributed by atoms with Crippen LogP contribution in [0.25, 0.3) is 0 Å². The average Bonchev–Trinajstić information content (AvgIpc) is 3.48. The number of carboxylic acid groups (broad SMARTS) is 1. The second kappa shape index (κ2) is 23.2. The van der Waals surface area contributed by atoms with Crippen LogP contribution >= 0.6 is 0 Å². The van der Waals surface area contributed by atoms with Crippen LogP contribution in [0.2, 0.25) is 0 Å². The van der Waals surface area contributed by atoms with Crippen molar-refractivity contribution in [2.45, 2.75) is 103 Å². The largest absolute Gasteiger partial charge is 0.479 e. The number of carbonyl (C=O) groups is 5. The molecule has 1 saturated heterocycles. The first-order valence-corrected chi connectivity index (χ1v) is 18.7. The van der Waals surface area contributed by atoms with Crippen LogP contribution in [0.15, 0.2) is 30.4 Å². The monoisotopic (exact) mass is 780 g/mol. The molecule has 3 amide bonds. The van der Waals surface area contributed by atoms with Gasteiger partial charge in [-0.05, 0) is 63.6 Å². The third kappa shape index (κ3) is 14.9. The van der Waals surface area contributed by atoms with Gasteiger partial charge in [-0.1, -0.05) is 19.4 Å². The lowest BCUT2D eigenvalue weighted by Gasteiger charge is -2.38. The zero-order valence-electron chi connectivity index (χ0n) is 31.8. The number of imide groups is 1. The molecule has 55 heavy (non-hydrogen) atoms. The second-order valence-electron chi connectivity index (χ2n) is 13.9. The number of aliphatic carboxylic acids is 1. The van der Waals surface area contributed by atoms with Gasteiger partial charge in [0.1, 0.15) is 30.7 Å². The van der Waals surface area contributed by atoms with Gasteiger partial charge < -0.3 is 54.2 Å². The first kappa shape index (κ1) is 45.4. The van der Waals surface area contributed by atoms with Crippen molar-refractivity contribution in [3.8, 4) is 5.75 Å². The summed E-state index contributed by atoms with van der Waals surface area (Å²) in [6.45, 7) is 8.22. The van der Waals surface area contributed by atoms with Gasteiger partial charge in [-0.25, -0.2) is 4.79 Å². The van der Waals surface area contributed by atoms with Crippen molar-refractivity contribution >= 4 is 29.7 Å². The summed E-state index contributed by atoms with van der Waals surface area (Å²) < 4.78 is 33.3. The minimum Gasteiger partial charge on any atom is -0.479 e. The van der Waals surface area contributed by atoms with Crippen LogP contribution < -0.4 is 10.1 Å². The van der Waals surface area contributed by atoms with Gasteiger partial charge in [0.2, 0.25) is 12.2 Å². The van der Waals surface area contributed by atoms with Crippen LogP contribution in [0.5, 0.6) is 5.75 Å². The summed E-state index contributed by atoms with van der Waals surface area (Å²) in [6.07, 6.45) is -2.18. The molecule has 1 aromatic carbocycles. The third-order valence-corrected chi connectivity index (χ3v) is 9.23. The quantitative estimate of drug-likeness (QED) is 0.0502. The lowest BCUT2D eigenvalue weighted by atomic mass is 9.91. The Kier molecular flexibility index (Phi) is 19.1. The average molecular weight is 781 g/mol. The Bertz CT molecular complexity index is 1430. The molecule has 1 fully saturated rings. The van der Waals surface area contributed by atoms with Crippen LogP contribution in [0, 0.1) is 5.41 Å². The zero-order valence-corrected chi connectivity index (χ0v) is 31.8. The molecule has 1 aromatic rings. The highest BCUT2D eigenvalue weighted by molar-refractivity contribution is 6.12. The molecule has 2 aliphatic heterocycles. The number of nitrogens with zero attached hydrogens (tertiary/aromatic N) is 1. The van der Waals surface area contributed by atoms with E-state index in [9.17, 15) is 44.4 Å². The number of nitrogens with one attached hydrogen (secondary N) is 1. The van der Waals surface area contributed by atoms with E-state index < -0.39 is 48.1 Å². The SMILES string of the molecule is CCC(C)(C)C(=O)OCc1cc(CCCOCCOCCOCCNC(=O)CCCCCN2C(=O)C=CC2=O)ccc1O[C@@H]1O[C@H](C(=O)O)[C@@H](O)[C@H](O)[C@H]1O. The smallest absolute Gasteiger partial charge is 0.335 e. The molecule has 5 atom stereocenters. The molecule has 2 aliphatic rings. The van der Waals surface area contributed by atoms with Crippen molar-refractivity contribution in [2.24, 2.45) is 5.41 Å². The number of aliphatic hydroxyl groups excluding tert-OH is 3. The topological polar surface area (TPSA) is 237 Å². The van der Waals surface area contributed by atoms with E-state index in [2.05, 4.69) is 5.32 Å². The number of hydrogen-bond donors (Lipinski definition) is 5. The number of rotatable bonds is 26. The Balaban J connectivity index is 1.29. The highest BCUT2D eigenvalue weighted by Crippen LogP contribution is 2.30. The maximum absolute atomic E-state index is 12.7. The third-order valence-electron chi connectivity index (χ3n) is 9.23. The molecule has 0 spiro atoms. The predicted molar refractivity (Wildman–Crippen MR) is 193 cm³/mol. The number of amides is 3. The Morgan fingerprint density at radius 3 is 2.16 bits per heavy atom. The molecule has 17 nitrogen and oxygen atoms in total. The predicted octanol–water partition coefficient (Wildman–Crippen LogP) is 1.02. The Morgan fingerprint density at radius 1 is 0.855 bits per heavy atom. The van der Waals surface area contributed by atoms with Crippen LogP contribution in [-0.4, -0.2) is 138 Å². The maximum atomic E-state index is 12.7. The Morgan fingerprint density at radius 2 is 1.51 bits per heavy atom. The van der Waals surface area contributed by atoms with Gasteiger partial charge in [-0.15, -0.1) is 0 Å². The molecule has 0 radical (unpaired) electrons. The molecule has 308 valence electrons. The van der Waals surface area contributed by atoms with Crippen molar-refractivity contribution < 1.29 is 72.8 Å². The second-order valence-corrected chi connectivity index (χ2v) is 13.9. The van der Waals surface area contributed by atoms with Crippen molar-refractivity contribution in [1.82, 2.24) is 10.2 Å². The van der Waals surface area contributed by atoms with Crippen molar-refractivity contribution in [1.29, 1.82) is 0 Å². The molecule has 5 N–H and O–H groups in total. The molecule has 0 aliphatic carbocycles. The first-order chi connectivity index (χ1) is 26.2. The van der Waals surface area contributed by atoms with Crippen molar-refractivity contribution in [2.75, 3.05) is 52.7 Å².